The zero-order chi connectivity index (χ0) is 25.1. The Morgan fingerprint density at radius 1 is 1.38 bits per heavy atom. The average molecular weight is 483 g/mol. The third-order valence-corrected chi connectivity index (χ3v) is 4.87. The first kappa shape index (κ1) is 24.7. The van der Waals surface area contributed by atoms with E-state index < -0.39 is 54.2 Å². The van der Waals surface area contributed by atoms with Crippen LogP contribution in [0.2, 0.25) is 0 Å². The number of amidine groups is 1. The fourth-order valence-electron chi connectivity index (χ4n) is 3.29. The number of nitrogens with zero attached hydrogens (tertiary/aromatic N) is 3. The minimum Gasteiger partial charge on any atom is -0.463 e. The molecule has 8 nitrogen and oxygen atoms in total. The van der Waals surface area contributed by atoms with Gasteiger partial charge in [0.25, 0.3) is 11.9 Å². The normalized spacial score (nSPS) is 20.0. The van der Waals surface area contributed by atoms with Crippen LogP contribution in [0.5, 0.6) is 5.88 Å². The van der Waals surface area contributed by atoms with Crippen molar-refractivity contribution in [2.45, 2.75) is 31.2 Å². The van der Waals surface area contributed by atoms with Crippen LogP contribution in [0.25, 0.3) is 0 Å². The number of nitrogens with two attached hydrogens (primary N) is 1. The van der Waals surface area contributed by atoms with Gasteiger partial charge in [0.05, 0.1) is 12.4 Å². The second-order valence-corrected chi connectivity index (χ2v) is 7.31. The van der Waals surface area contributed by atoms with Crippen LogP contribution in [-0.4, -0.2) is 47.5 Å². The number of hydrogen-bond acceptors (Lipinski definition) is 7. The number of aliphatic imine (C=N–C) groups is 1. The van der Waals surface area contributed by atoms with E-state index in [1.54, 1.807) is 0 Å². The molecule has 1 aliphatic rings. The lowest BCUT2D eigenvalue weighted by atomic mass is 9.83. The second kappa shape index (κ2) is 9.50. The number of carbonyl (C=O) groups is 1. The molecule has 1 aromatic heterocycles. The molecule has 2 unspecified atom stereocenters. The molecule has 0 radical (unpaired) electrons. The highest BCUT2D eigenvalue weighted by Crippen LogP contribution is 2.42. The number of hydrogen-bond donors (Lipinski definition) is 2. The second-order valence-electron chi connectivity index (χ2n) is 7.31. The number of nitrogens with one attached hydrogen (secondary N) is 1. The zero-order valence-electron chi connectivity index (χ0n) is 17.6. The quantitative estimate of drug-likeness (QED) is 0.483. The van der Waals surface area contributed by atoms with Gasteiger partial charge in [0.15, 0.2) is 12.7 Å². The monoisotopic (exact) mass is 483 g/mol. The van der Waals surface area contributed by atoms with Crippen LogP contribution < -0.4 is 15.8 Å². The minimum atomic E-state index is -4.90. The van der Waals surface area contributed by atoms with E-state index in [0.717, 1.165) is 18.5 Å². The lowest BCUT2D eigenvalue weighted by Gasteiger charge is -2.37. The molecule has 180 valence electrons. The summed E-state index contributed by atoms with van der Waals surface area (Å²) >= 11 is 0. The number of alkyl halides is 4. The third kappa shape index (κ3) is 5.16. The van der Waals surface area contributed by atoms with Crippen molar-refractivity contribution in [3.8, 4) is 18.2 Å². The summed E-state index contributed by atoms with van der Waals surface area (Å²) in [6.07, 6.45) is -1.12. The van der Waals surface area contributed by atoms with Crippen LogP contribution in [0.15, 0.2) is 29.5 Å². The predicted octanol–water partition coefficient (Wildman–Crippen LogP) is 3.02. The summed E-state index contributed by atoms with van der Waals surface area (Å²) < 4.78 is 78.6. The number of rotatable bonds is 6. The number of anilines is 1. The molecule has 2 atom stereocenters. The number of halogens is 5. The first-order valence-electron chi connectivity index (χ1n) is 9.64. The summed E-state index contributed by atoms with van der Waals surface area (Å²) in [6, 6.07) is 1.28. The van der Waals surface area contributed by atoms with Crippen molar-refractivity contribution >= 4 is 17.6 Å². The smallest absolute Gasteiger partial charge is 0.425 e. The highest BCUT2D eigenvalue weighted by Gasteiger charge is 2.52. The first-order valence-corrected chi connectivity index (χ1v) is 9.64. The van der Waals surface area contributed by atoms with Crippen molar-refractivity contribution in [1.29, 1.82) is 0 Å². The molecule has 0 aliphatic carbocycles. The number of carbonyl (C=O) groups excluding carboxylic acids is 1. The highest BCUT2D eigenvalue weighted by atomic mass is 19.4. The summed E-state index contributed by atoms with van der Waals surface area (Å²) in [5, 5.41) is 2.43. The van der Waals surface area contributed by atoms with Crippen molar-refractivity contribution in [2.24, 2.45) is 10.7 Å². The van der Waals surface area contributed by atoms with Gasteiger partial charge < -0.3 is 20.5 Å². The maximum atomic E-state index is 15.0. The van der Waals surface area contributed by atoms with Crippen LogP contribution >= 0.6 is 0 Å². The molecule has 3 N–H and O–H groups in total. The fraction of sp³-hybridized carbons (Fsp3) is 0.333. The minimum absolute atomic E-state index is 0.0370. The Morgan fingerprint density at radius 3 is 2.71 bits per heavy atom. The van der Waals surface area contributed by atoms with E-state index in [1.807, 2.05) is 0 Å². The molecule has 2 heterocycles. The molecule has 0 bridgehead atoms. The molecule has 1 aliphatic heterocycles. The number of amides is 1. The summed E-state index contributed by atoms with van der Waals surface area (Å²) in [6.45, 7) is -0.255. The summed E-state index contributed by atoms with van der Waals surface area (Å²) in [5.74, 6) is 0.545. The van der Waals surface area contributed by atoms with Gasteiger partial charge >= 0.3 is 6.18 Å². The van der Waals surface area contributed by atoms with Gasteiger partial charge in [0.2, 0.25) is 5.88 Å². The van der Waals surface area contributed by atoms with E-state index in [1.165, 1.54) is 13.0 Å². The molecular weight excluding hydrogens is 465 g/mol. The van der Waals surface area contributed by atoms with E-state index in [-0.39, 0.29) is 29.4 Å². The van der Waals surface area contributed by atoms with E-state index >= 15 is 0 Å². The molecule has 0 fully saturated rings. The van der Waals surface area contributed by atoms with Crippen LogP contribution in [-0.2, 0) is 10.3 Å². The van der Waals surface area contributed by atoms with Gasteiger partial charge in [-0.3, -0.25) is 4.79 Å². The predicted molar refractivity (Wildman–Crippen MR) is 110 cm³/mol. The van der Waals surface area contributed by atoms with Crippen LogP contribution in [0.4, 0.5) is 27.6 Å². The fourth-order valence-corrected chi connectivity index (χ4v) is 3.29. The number of benzene rings is 1. The molecule has 3 rings (SSSR count). The molecule has 1 aromatic carbocycles. The van der Waals surface area contributed by atoms with Crippen LogP contribution in [0, 0.1) is 25.1 Å². The van der Waals surface area contributed by atoms with Gasteiger partial charge in [-0.15, -0.1) is 6.42 Å². The van der Waals surface area contributed by atoms with Gasteiger partial charge in [-0.25, -0.2) is 23.7 Å². The number of ether oxygens (including phenoxy) is 2. The maximum Gasteiger partial charge on any atom is 0.425 e. The van der Waals surface area contributed by atoms with E-state index in [4.69, 9.17) is 16.9 Å². The number of aromatic nitrogens is 2. The molecule has 1 amide bonds. The Bertz CT molecular complexity index is 1150. The number of terminal acetylenes is 1. The SMILES string of the molecule is C#CCOc1cnc(C(=O)Nc2cc(C)c(F)c(C3(CF)CC(C(F)(F)F)OC(N)=N3)c2)cn1. The molecule has 13 heteroatoms. The van der Waals surface area contributed by atoms with Crippen LogP contribution in [0.3, 0.4) is 0 Å². The van der Waals surface area contributed by atoms with Gasteiger partial charge in [-0.2, -0.15) is 13.2 Å². The molecule has 34 heavy (non-hydrogen) atoms. The van der Waals surface area contributed by atoms with Gasteiger partial charge in [-0.05, 0) is 24.6 Å². The topological polar surface area (TPSA) is 112 Å². The highest BCUT2D eigenvalue weighted by molar-refractivity contribution is 6.02. The van der Waals surface area contributed by atoms with Crippen molar-refractivity contribution in [3.05, 3.63) is 47.2 Å². The summed E-state index contributed by atoms with van der Waals surface area (Å²) in [4.78, 5) is 23.9. The molecule has 2 aromatic rings. The van der Waals surface area contributed by atoms with Crippen molar-refractivity contribution in [2.75, 3.05) is 18.6 Å². The molecule has 0 saturated heterocycles. The largest absolute Gasteiger partial charge is 0.463 e. The van der Waals surface area contributed by atoms with Gasteiger partial charge in [0.1, 0.15) is 23.7 Å². The molecule has 0 saturated carbocycles. The average Bonchev–Trinajstić information content (AvgIpc) is 2.79. The standard InChI is InChI=1S/C21H18F5N5O3/c1-3-4-33-16-9-28-14(8-29-16)18(32)30-12-5-11(2)17(23)13(6-12)20(10-22)7-15(21(24,25)26)34-19(27)31-20/h1,5-6,8-9,15H,4,7,10H2,2H3,(H2,27,31)(H,30,32). The Morgan fingerprint density at radius 2 is 2.12 bits per heavy atom. The van der Waals surface area contributed by atoms with E-state index in [2.05, 4.69) is 30.9 Å². The Kier molecular flexibility index (Phi) is 6.90. The Labute approximate surface area is 190 Å². The van der Waals surface area contributed by atoms with Gasteiger partial charge in [-0.1, -0.05) is 5.92 Å². The first-order chi connectivity index (χ1) is 16.0. The molecule has 0 spiro atoms. The Balaban J connectivity index is 1.93. The lowest BCUT2D eigenvalue weighted by molar-refractivity contribution is -0.209. The zero-order valence-corrected chi connectivity index (χ0v) is 17.6. The summed E-state index contributed by atoms with van der Waals surface area (Å²) in [5.41, 5.74) is 2.28. The summed E-state index contributed by atoms with van der Waals surface area (Å²) in [7, 11) is 0. The van der Waals surface area contributed by atoms with Crippen molar-refractivity contribution in [1.82, 2.24) is 9.97 Å². The Hall–Kier alpha value is -3.95. The van der Waals surface area contributed by atoms with Crippen LogP contribution in [0.1, 0.15) is 28.0 Å². The van der Waals surface area contributed by atoms with Gasteiger partial charge in [0, 0.05) is 17.7 Å². The van der Waals surface area contributed by atoms with E-state index in [9.17, 15) is 26.7 Å². The van der Waals surface area contributed by atoms with Crippen molar-refractivity contribution in [3.63, 3.8) is 0 Å². The maximum absolute atomic E-state index is 15.0. The number of aryl methyl sites for hydroxylation is 1. The lowest BCUT2D eigenvalue weighted by Crippen LogP contribution is -2.48. The van der Waals surface area contributed by atoms with E-state index in [0.29, 0.717) is 0 Å². The van der Waals surface area contributed by atoms with Crippen molar-refractivity contribution < 1.29 is 36.2 Å². The molecular formula is C21H18F5N5O3. The third-order valence-electron chi connectivity index (χ3n) is 4.87.